The summed E-state index contributed by atoms with van der Waals surface area (Å²) in [6, 6.07) is 1.96. The Hall–Kier alpha value is -1.18. The number of nitriles is 1. The first-order valence-corrected chi connectivity index (χ1v) is 4.36. The fourth-order valence-corrected chi connectivity index (χ4v) is 1.86. The molecule has 2 aromatic rings. The summed E-state index contributed by atoms with van der Waals surface area (Å²) in [4.78, 5) is 7.93. The van der Waals surface area contributed by atoms with Crippen molar-refractivity contribution in [2.75, 3.05) is 0 Å². The molecule has 58 valence electrons. The van der Waals surface area contributed by atoms with Gasteiger partial charge < -0.3 is 0 Å². The number of pyridine rings is 1. The second-order valence-electron chi connectivity index (χ2n) is 2.10. The van der Waals surface area contributed by atoms with Crippen molar-refractivity contribution in [3.8, 4) is 6.07 Å². The average molecular weight is 196 g/mol. The Kier molecular flexibility index (Phi) is 1.68. The zero-order valence-electron chi connectivity index (χ0n) is 5.78. The second kappa shape index (κ2) is 2.70. The number of hydrogen-bond donors (Lipinski definition) is 0. The molecule has 0 aliphatic carbocycles. The molecule has 0 saturated carbocycles. The Bertz CT molecular complexity index is 471. The van der Waals surface area contributed by atoms with Crippen molar-refractivity contribution in [2.24, 2.45) is 0 Å². The van der Waals surface area contributed by atoms with Gasteiger partial charge in [-0.05, 0) is 0 Å². The molecule has 0 atom stereocenters. The molecule has 0 N–H and O–H groups in total. The lowest BCUT2D eigenvalue weighted by atomic mass is 10.3. The van der Waals surface area contributed by atoms with Gasteiger partial charge in [-0.2, -0.15) is 5.26 Å². The summed E-state index contributed by atoms with van der Waals surface area (Å²) in [6.07, 6.45) is 1.43. The quantitative estimate of drug-likeness (QED) is 0.648. The lowest BCUT2D eigenvalue weighted by molar-refractivity contribution is 1.31. The van der Waals surface area contributed by atoms with Crippen LogP contribution >= 0.6 is 22.9 Å². The molecule has 0 amide bonds. The molecule has 2 rings (SSSR count). The summed E-state index contributed by atoms with van der Waals surface area (Å²) in [5.74, 6) is 0. The first-order valence-electron chi connectivity index (χ1n) is 3.10. The van der Waals surface area contributed by atoms with E-state index in [0.717, 1.165) is 4.70 Å². The average Bonchev–Trinajstić information content (AvgIpc) is 2.53. The molecular formula is C7H2ClN3S. The molecular weight excluding hydrogens is 194 g/mol. The molecule has 2 heterocycles. The van der Waals surface area contributed by atoms with Crippen molar-refractivity contribution in [1.29, 1.82) is 5.26 Å². The molecule has 3 nitrogen and oxygen atoms in total. The smallest absolute Gasteiger partial charge is 0.171 e. The number of fused-ring (bicyclic) bond motifs is 1. The van der Waals surface area contributed by atoms with E-state index in [1.165, 1.54) is 17.5 Å². The highest BCUT2D eigenvalue weighted by molar-refractivity contribution is 7.17. The van der Waals surface area contributed by atoms with Crippen molar-refractivity contribution in [3.63, 3.8) is 0 Å². The largest absolute Gasteiger partial charge is 0.234 e. The SMILES string of the molecule is N#Cc1cnc2ncsc2c1Cl. The van der Waals surface area contributed by atoms with Crippen LogP contribution in [-0.2, 0) is 0 Å². The molecule has 0 aliphatic heterocycles. The van der Waals surface area contributed by atoms with Gasteiger partial charge in [-0.1, -0.05) is 11.6 Å². The summed E-state index contributed by atoms with van der Waals surface area (Å²) < 4.78 is 0.774. The minimum absolute atomic E-state index is 0.397. The molecule has 2 aromatic heterocycles. The van der Waals surface area contributed by atoms with Crippen LogP contribution in [0.1, 0.15) is 5.56 Å². The van der Waals surface area contributed by atoms with Crippen molar-refractivity contribution in [3.05, 3.63) is 22.3 Å². The van der Waals surface area contributed by atoms with E-state index in [0.29, 0.717) is 16.2 Å². The lowest BCUT2D eigenvalue weighted by Crippen LogP contribution is -1.81. The van der Waals surface area contributed by atoms with Gasteiger partial charge in [0.25, 0.3) is 0 Å². The monoisotopic (exact) mass is 195 g/mol. The molecule has 0 unspecified atom stereocenters. The number of thiazole rings is 1. The van der Waals surface area contributed by atoms with Gasteiger partial charge in [-0.15, -0.1) is 11.3 Å². The van der Waals surface area contributed by atoms with E-state index < -0.39 is 0 Å². The molecule has 0 radical (unpaired) electrons. The van der Waals surface area contributed by atoms with Crippen LogP contribution in [0, 0.1) is 11.3 Å². The van der Waals surface area contributed by atoms with Gasteiger partial charge in [0.2, 0.25) is 0 Å². The van der Waals surface area contributed by atoms with Crippen molar-refractivity contribution < 1.29 is 0 Å². The van der Waals surface area contributed by atoms with Gasteiger partial charge in [-0.3, -0.25) is 0 Å². The van der Waals surface area contributed by atoms with Gasteiger partial charge >= 0.3 is 0 Å². The van der Waals surface area contributed by atoms with E-state index in [4.69, 9.17) is 16.9 Å². The van der Waals surface area contributed by atoms with Crippen LogP contribution in [-0.4, -0.2) is 9.97 Å². The maximum atomic E-state index is 8.63. The first kappa shape index (κ1) is 7.47. The summed E-state index contributed by atoms with van der Waals surface area (Å²) in [7, 11) is 0. The van der Waals surface area contributed by atoms with Crippen LogP contribution in [0.5, 0.6) is 0 Å². The van der Waals surface area contributed by atoms with E-state index in [9.17, 15) is 0 Å². The third-order valence-corrected chi connectivity index (χ3v) is 2.76. The van der Waals surface area contributed by atoms with Gasteiger partial charge in [0.05, 0.1) is 20.8 Å². The van der Waals surface area contributed by atoms with E-state index >= 15 is 0 Å². The third kappa shape index (κ3) is 0.951. The van der Waals surface area contributed by atoms with Gasteiger partial charge in [0.15, 0.2) is 5.65 Å². The summed E-state index contributed by atoms with van der Waals surface area (Å²) in [5, 5.41) is 9.07. The number of hydrogen-bond acceptors (Lipinski definition) is 4. The van der Waals surface area contributed by atoms with Crippen molar-refractivity contribution in [1.82, 2.24) is 9.97 Å². The Morgan fingerprint density at radius 1 is 1.50 bits per heavy atom. The van der Waals surface area contributed by atoms with E-state index in [1.54, 1.807) is 5.51 Å². The molecule has 0 saturated heterocycles. The van der Waals surface area contributed by atoms with E-state index in [1.807, 2.05) is 6.07 Å². The zero-order valence-corrected chi connectivity index (χ0v) is 7.35. The molecule has 12 heavy (non-hydrogen) atoms. The van der Waals surface area contributed by atoms with Crippen LogP contribution in [0.2, 0.25) is 5.02 Å². The normalized spacial score (nSPS) is 10.0. The highest BCUT2D eigenvalue weighted by atomic mass is 35.5. The van der Waals surface area contributed by atoms with Crippen molar-refractivity contribution >= 4 is 33.3 Å². The topological polar surface area (TPSA) is 49.6 Å². The molecule has 0 aliphatic rings. The van der Waals surface area contributed by atoms with Crippen LogP contribution in [0.3, 0.4) is 0 Å². The number of halogens is 1. The van der Waals surface area contributed by atoms with Gasteiger partial charge in [0, 0.05) is 6.20 Å². The fourth-order valence-electron chi connectivity index (χ4n) is 0.865. The molecule has 5 heteroatoms. The number of aromatic nitrogens is 2. The molecule has 0 fully saturated rings. The molecule has 0 aromatic carbocycles. The van der Waals surface area contributed by atoms with Crippen LogP contribution < -0.4 is 0 Å². The molecule has 0 spiro atoms. The Labute approximate surface area is 77.3 Å². The molecule has 0 bridgehead atoms. The minimum Gasteiger partial charge on any atom is -0.234 e. The zero-order chi connectivity index (χ0) is 8.55. The first-order chi connectivity index (χ1) is 5.83. The predicted molar refractivity (Wildman–Crippen MR) is 47.1 cm³/mol. The Balaban J connectivity index is 2.89. The van der Waals surface area contributed by atoms with Gasteiger partial charge in [-0.25, -0.2) is 9.97 Å². The number of nitrogens with zero attached hydrogens (tertiary/aromatic N) is 3. The third-order valence-electron chi connectivity index (χ3n) is 1.42. The van der Waals surface area contributed by atoms with Gasteiger partial charge in [0.1, 0.15) is 6.07 Å². The fraction of sp³-hybridized carbons (Fsp3) is 0. The van der Waals surface area contributed by atoms with Crippen LogP contribution in [0.15, 0.2) is 11.7 Å². The van der Waals surface area contributed by atoms with E-state index in [-0.39, 0.29) is 0 Å². The highest BCUT2D eigenvalue weighted by Crippen LogP contribution is 2.27. The minimum atomic E-state index is 0.397. The van der Waals surface area contributed by atoms with E-state index in [2.05, 4.69) is 9.97 Å². The predicted octanol–water partition coefficient (Wildman–Crippen LogP) is 2.22. The van der Waals surface area contributed by atoms with Crippen LogP contribution in [0.4, 0.5) is 0 Å². The maximum Gasteiger partial charge on any atom is 0.171 e. The Morgan fingerprint density at radius 3 is 3.08 bits per heavy atom. The summed E-state index contributed by atoms with van der Waals surface area (Å²) >= 11 is 7.28. The Morgan fingerprint density at radius 2 is 2.33 bits per heavy atom. The van der Waals surface area contributed by atoms with Crippen molar-refractivity contribution in [2.45, 2.75) is 0 Å². The maximum absolute atomic E-state index is 8.63. The lowest BCUT2D eigenvalue weighted by Gasteiger charge is -1.92. The number of rotatable bonds is 0. The highest BCUT2D eigenvalue weighted by Gasteiger charge is 2.07. The summed E-state index contributed by atoms with van der Waals surface area (Å²) in [5.41, 5.74) is 2.66. The summed E-state index contributed by atoms with van der Waals surface area (Å²) in [6.45, 7) is 0. The van der Waals surface area contributed by atoms with Crippen LogP contribution in [0.25, 0.3) is 10.3 Å². The standard InChI is InChI=1S/C7H2ClN3S/c8-5-4(1-9)2-10-7-6(5)12-3-11-7/h2-3H. The second-order valence-corrected chi connectivity index (χ2v) is 3.34.